The van der Waals surface area contributed by atoms with Crippen molar-refractivity contribution in [1.82, 2.24) is 10.6 Å². The van der Waals surface area contributed by atoms with Crippen LogP contribution in [0.5, 0.6) is 5.75 Å². The third-order valence-electron chi connectivity index (χ3n) is 3.41. The molecule has 8 heteroatoms. The van der Waals surface area contributed by atoms with Crippen LogP contribution < -0.4 is 15.4 Å². The molecule has 2 amide bonds. The first-order valence-corrected chi connectivity index (χ1v) is 9.04. The topological polar surface area (TPSA) is 76.7 Å². The average Bonchev–Trinajstić information content (AvgIpc) is 2.50. The zero-order chi connectivity index (χ0) is 17.9. The maximum atomic E-state index is 12.3. The summed E-state index contributed by atoms with van der Waals surface area (Å²) in [5, 5.41) is 5.38. The SMILES string of the molecule is CCOC(=O)C1=C(C)NC(=O)NC1c1cc(Br)c(OCC)c(Br)c1. The Morgan fingerprint density at radius 1 is 1.21 bits per heavy atom. The van der Waals surface area contributed by atoms with Gasteiger partial charge in [-0.15, -0.1) is 0 Å². The zero-order valence-corrected chi connectivity index (χ0v) is 16.7. The van der Waals surface area contributed by atoms with Crippen molar-refractivity contribution in [2.24, 2.45) is 0 Å². The van der Waals surface area contributed by atoms with E-state index in [0.29, 0.717) is 23.6 Å². The third-order valence-corrected chi connectivity index (χ3v) is 4.59. The Hall–Kier alpha value is -1.54. The van der Waals surface area contributed by atoms with Gasteiger partial charge >= 0.3 is 12.0 Å². The molecule has 24 heavy (non-hydrogen) atoms. The van der Waals surface area contributed by atoms with E-state index in [4.69, 9.17) is 9.47 Å². The second-order valence-electron chi connectivity index (χ2n) is 5.04. The largest absolute Gasteiger partial charge is 0.492 e. The zero-order valence-electron chi connectivity index (χ0n) is 13.5. The smallest absolute Gasteiger partial charge is 0.338 e. The predicted molar refractivity (Wildman–Crippen MR) is 96.8 cm³/mol. The van der Waals surface area contributed by atoms with E-state index in [1.54, 1.807) is 13.8 Å². The van der Waals surface area contributed by atoms with Gasteiger partial charge in [0.15, 0.2) is 0 Å². The van der Waals surface area contributed by atoms with Gasteiger partial charge in [-0.1, -0.05) is 0 Å². The number of hydrogen-bond acceptors (Lipinski definition) is 4. The second-order valence-corrected chi connectivity index (χ2v) is 6.75. The summed E-state index contributed by atoms with van der Waals surface area (Å²) in [6.45, 7) is 6.09. The summed E-state index contributed by atoms with van der Waals surface area (Å²) in [7, 11) is 0. The van der Waals surface area contributed by atoms with E-state index in [1.165, 1.54) is 0 Å². The van der Waals surface area contributed by atoms with Crippen molar-refractivity contribution in [3.8, 4) is 5.75 Å². The molecule has 1 aliphatic rings. The maximum Gasteiger partial charge on any atom is 0.338 e. The van der Waals surface area contributed by atoms with Gasteiger partial charge in [0.25, 0.3) is 0 Å². The van der Waals surface area contributed by atoms with Crippen LogP contribution in [0.1, 0.15) is 32.4 Å². The van der Waals surface area contributed by atoms with Crippen LogP contribution in [0.2, 0.25) is 0 Å². The fourth-order valence-electron chi connectivity index (χ4n) is 2.45. The van der Waals surface area contributed by atoms with Crippen LogP contribution in [0.25, 0.3) is 0 Å². The highest BCUT2D eigenvalue weighted by Crippen LogP contribution is 2.38. The molecule has 130 valence electrons. The Labute approximate surface area is 157 Å². The van der Waals surface area contributed by atoms with Gasteiger partial charge in [-0.3, -0.25) is 0 Å². The minimum Gasteiger partial charge on any atom is -0.492 e. The molecule has 6 nitrogen and oxygen atoms in total. The van der Waals surface area contributed by atoms with Crippen LogP contribution in [0.3, 0.4) is 0 Å². The molecule has 0 fully saturated rings. The predicted octanol–water partition coefficient (Wildman–Crippen LogP) is 3.80. The first-order chi connectivity index (χ1) is 11.4. The number of carbonyl (C=O) groups is 2. The van der Waals surface area contributed by atoms with Gasteiger partial charge < -0.3 is 20.1 Å². The Morgan fingerprint density at radius 3 is 2.38 bits per heavy atom. The number of benzene rings is 1. The van der Waals surface area contributed by atoms with Crippen LogP contribution in [0.4, 0.5) is 4.79 Å². The molecule has 1 aliphatic heterocycles. The van der Waals surface area contributed by atoms with E-state index in [2.05, 4.69) is 42.5 Å². The molecule has 1 atom stereocenters. The standard InChI is InChI=1S/C16H18Br2N2O4/c1-4-23-14-10(17)6-9(7-11(14)18)13-12(15(21)24-5-2)8(3)19-16(22)20-13/h6-7,13H,4-5H2,1-3H3,(H2,19,20,22). The normalized spacial score (nSPS) is 17.2. The van der Waals surface area contributed by atoms with Crippen LogP contribution in [-0.4, -0.2) is 25.2 Å². The number of carbonyl (C=O) groups excluding carboxylic acids is 2. The van der Waals surface area contributed by atoms with E-state index in [0.717, 1.165) is 14.5 Å². The lowest BCUT2D eigenvalue weighted by atomic mass is 9.95. The first kappa shape index (κ1) is 18.8. The lowest BCUT2D eigenvalue weighted by Crippen LogP contribution is -2.45. The van der Waals surface area contributed by atoms with Crippen molar-refractivity contribution in [2.75, 3.05) is 13.2 Å². The van der Waals surface area contributed by atoms with Gasteiger partial charge in [0.1, 0.15) is 5.75 Å². The number of allylic oxidation sites excluding steroid dienone is 1. The fourth-order valence-corrected chi connectivity index (χ4v) is 3.90. The molecule has 1 heterocycles. The van der Waals surface area contributed by atoms with E-state index >= 15 is 0 Å². The van der Waals surface area contributed by atoms with Crippen LogP contribution in [-0.2, 0) is 9.53 Å². The number of halogens is 2. The number of amides is 2. The summed E-state index contributed by atoms with van der Waals surface area (Å²) in [4.78, 5) is 24.2. The maximum absolute atomic E-state index is 12.3. The molecule has 0 saturated carbocycles. The van der Waals surface area contributed by atoms with E-state index in [1.807, 2.05) is 19.1 Å². The van der Waals surface area contributed by atoms with Gasteiger partial charge in [-0.05, 0) is 70.3 Å². The van der Waals surface area contributed by atoms with Crippen molar-refractivity contribution in [3.63, 3.8) is 0 Å². The summed E-state index contributed by atoms with van der Waals surface area (Å²) in [6.07, 6.45) is 0. The van der Waals surface area contributed by atoms with E-state index in [9.17, 15) is 9.59 Å². The molecule has 2 rings (SSSR count). The molecule has 0 spiro atoms. The van der Waals surface area contributed by atoms with Crippen molar-refractivity contribution in [2.45, 2.75) is 26.8 Å². The van der Waals surface area contributed by atoms with Gasteiger partial charge in [0, 0.05) is 5.70 Å². The fraction of sp³-hybridized carbons (Fsp3) is 0.375. The minimum atomic E-state index is -0.610. The highest BCUT2D eigenvalue weighted by Gasteiger charge is 2.32. The average molecular weight is 462 g/mol. The number of nitrogens with one attached hydrogen (secondary N) is 2. The summed E-state index contributed by atoms with van der Waals surface area (Å²) in [5.41, 5.74) is 1.58. The molecule has 0 saturated heterocycles. The summed E-state index contributed by atoms with van der Waals surface area (Å²) >= 11 is 6.94. The van der Waals surface area contributed by atoms with Crippen LogP contribution in [0.15, 0.2) is 32.3 Å². The highest BCUT2D eigenvalue weighted by atomic mass is 79.9. The second kappa shape index (κ2) is 8.02. The number of ether oxygens (including phenoxy) is 2. The highest BCUT2D eigenvalue weighted by molar-refractivity contribution is 9.11. The number of esters is 1. The molecule has 1 unspecified atom stereocenters. The molecule has 0 aliphatic carbocycles. The van der Waals surface area contributed by atoms with Crippen molar-refractivity contribution < 1.29 is 19.1 Å². The molecule has 0 bridgehead atoms. The number of rotatable bonds is 5. The van der Waals surface area contributed by atoms with Gasteiger partial charge in [0.05, 0.1) is 33.8 Å². The monoisotopic (exact) mass is 460 g/mol. The molecule has 0 aromatic heterocycles. The Kier molecular flexibility index (Phi) is 6.28. The molecule has 2 N–H and O–H groups in total. The molecule has 0 radical (unpaired) electrons. The Bertz CT molecular complexity index is 680. The number of urea groups is 1. The van der Waals surface area contributed by atoms with E-state index in [-0.39, 0.29) is 12.6 Å². The van der Waals surface area contributed by atoms with Gasteiger partial charge in [0.2, 0.25) is 0 Å². The van der Waals surface area contributed by atoms with Crippen molar-refractivity contribution in [3.05, 3.63) is 37.9 Å². The Balaban J connectivity index is 2.49. The van der Waals surface area contributed by atoms with Crippen LogP contribution in [0, 0.1) is 0 Å². The molecule has 1 aromatic carbocycles. The summed E-state index contributed by atoms with van der Waals surface area (Å²) in [6, 6.07) is 2.66. The third kappa shape index (κ3) is 3.92. The lowest BCUT2D eigenvalue weighted by Gasteiger charge is -2.28. The molecule has 1 aromatic rings. The first-order valence-electron chi connectivity index (χ1n) is 7.46. The van der Waals surface area contributed by atoms with Gasteiger partial charge in [-0.2, -0.15) is 0 Å². The Morgan fingerprint density at radius 2 is 1.83 bits per heavy atom. The summed E-state index contributed by atoms with van der Waals surface area (Å²) < 4.78 is 12.1. The lowest BCUT2D eigenvalue weighted by molar-refractivity contribution is -0.139. The minimum absolute atomic E-state index is 0.257. The van der Waals surface area contributed by atoms with Crippen molar-refractivity contribution >= 4 is 43.9 Å². The number of hydrogen-bond donors (Lipinski definition) is 2. The van der Waals surface area contributed by atoms with E-state index < -0.39 is 12.0 Å². The van der Waals surface area contributed by atoms with Crippen molar-refractivity contribution in [1.29, 1.82) is 0 Å². The van der Waals surface area contributed by atoms with Crippen LogP contribution >= 0.6 is 31.9 Å². The molecular weight excluding hydrogens is 444 g/mol. The summed E-state index contributed by atoms with van der Waals surface area (Å²) in [5.74, 6) is 0.202. The van der Waals surface area contributed by atoms with Gasteiger partial charge in [-0.25, -0.2) is 9.59 Å². The molecular formula is C16H18Br2N2O4. The quantitative estimate of drug-likeness (QED) is 0.654.